The molecule has 0 saturated carbocycles. The normalized spacial score (nSPS) is 28.8. The van der Waals surface area contributed by atoms with Crippen LogP contribution in [0.5, 0.6) is 0 Å². The van der Waals surface area contributed by atoms with Crippen molar-refractivity contribution in [1.29, 1.82) is 0 Å². The summed E-state index contributed by atoms with van der Waals surface area (Å²) in [5.41, 5.74) is 0. The molecule has 0 spiro atoms. The number of likely N-dealkylation sites (N-methyl/N-ethyl adjacent to an activating group) is 1. The van der Waals surface area contributed by atoms with Crippen molar-refractivity contribution in [2.24, 2.45) is 0 Å². The number of nitrogens with one attached hydrogen (secondary N) is 1. The first kappa shape index (κ1) is 16.7. The fourth-order valence-electron chi connectivity index (χ4n) is 4.02. The van der Waals surface area contributed by atoms with Crippen molar-refractivity contribution in [2.75, 3.05) is 66.1 Å². The quantitative estimate of drug-likeness (QED) is 0.831. The van der Waals surface area contributed by atoms with Crippen LogP contribution in [0.4, 0.5) is 0 Å². The molecule has 1 N–H and O–H groups in total. The highest BCUT2D eigenvalue weighted by Gasteiger charge is 2.26. The van der Waals surface area contributed by atoms with Crippen molar-refractivity contribution in [3.05, 3.63) is 0 Å². The molecular formula is C17H34N4O. The van der Waals surface area contributed by atoms with Crippen molar-refractivity contribution >= 4 is 0 Å². The first-order valence-electron chi connectivity index (χ1n) is 9.28. The molecule has 0 unspecified atom stereocenters. The van der Waals surface area contributed by atoms with E-state index in [1.807, 2.05) is 0 Å². The third-order valence-corrected chi connectivity index (χ3v) is 5.61. The van der Waals surface area contributed by atoms with E-state index < -0.39 is 0 Å². The van der Waals surface area contributed by atoms with Gasteiger partial charge < -0.3 is 19.9 Å². The Morgan fingerprint density at radius 1 is 0.909 bits per heavy atom. The maximum atomic E-state index is 6.22. The van der Waals surface area contributed by atoms with E-state index >= 15 is 0 Å². The summed E-state index contributed by atoms with van der Waals surface area (Å²) >= 11 is 0. The zero-order valence-electron chi connectivity index (χ0n) is 14.3. The third kappa shape index (κ3) is 4.90. The summed E-state index contributed by atoms with van der Waals surface area (Å²) in [6, 6.07) is 0.823. The van der Waals surface area contributed by atoms with E-state index in [1.165, 1.54) is 77.9 Å². The second-order valence-corrected chi connectivity index (χ2v) is 7.29. The van der Waals surface area contributed by atoms with Gasteiger partial charge in [-0.3, -0.25) is 4.90 Å². The molecule has 5 nitrogen and oxygen atoms in total. The second kappa shape index (κ2) is 8.60. The molecule has 3 rings (SSSR count). The second-order valence-electron chi connectivity index (χ2n) is 7.29. The lowest BCUT2D eigenvalue weighted by atomic mass is 10.00. The number of piperidine rings is 2. The third-order valence-electron chi connectivity index (χ3n) is 5.61. The van der Waals surface area contributed by atoms with Gasteiger partial charge in [0.05, 0.1) is 12.8 Å². The number of hydrogen-bond donors (Lipinski definition) is 1. The van der Waals surface area contributed by atoms with Crippen LogP contribution in [0, 0.1) is 0 Å². The number of rotatable bonds is 4. The van der Waals surface area contributed by atoms with Crippen LogP contribution in [0.1, 0.15) is 32.1 Å². The fourth-order valence-corrected chi connectivity index (χ4v) is 4.02. The molecule has 3 aliphatic heterocycles. The van der Waals surface area contributed by atoms with Crippen LogP contribution >= 0.6 is 0 Å². The van der Waals surface area contributed by atoms with Gasteiger partial charge in [-0.05, 0) is 58.8 Å². The van der Waals surface area contributed by atoms with Gasteiger partial charge in [0.25, 0.3) is 0 Å². The molecule has 0 aromatic heterocycles. The van der Waals surface area contributed by atoms with Crippen LogP contribution < -0.4 is 5.32 Å². The smallest absolute Gasteiger partial charge is 0.0994 e. The van der Waals surface area contributed by atoms with Crippen LogP contribution in [-0.4, -0.2) is 93.0 Å². The Labute approximate surface area is 136 Å². The number of nitrogens with zero attached hydrogens (tertiary/aromatic N) is 3. The summed E-state index contributed by atoms with van der Waals surface area (Å²) in [5.74, 6) is 0. The van der Waals surface area contributed by atoms with Crippen molar-refractivity contribution in [3.8, 4) is 0 Å². The average Bonchev–Trinajstić information content (AvgIpc) is 2.79. The highest BCUT2D eigenvalue weighted by molar-refractivity contribution is 4.82. The topological polar surface area (TPSA) is 31.0 Å². The molecule has 0 atom stereocenters. The molecule has 128 valence electrons. The molecular weight excluding hydrogens is 276 g/mol. The van der Waals surface area contributed by atoms with E-state index in [1.54, 1.807) is 0 Å². The van der Waals surface area contributed by atoms with Crippen molar-refractivity contribution in [2.45, 2.75) is 44.2 Å². The van der Waals surface area contributed by atoms with Crippen molar-refractivity contribution in [1.82, 2.24) is 20.0 Å². The highest BCUT2D eigenvalue weighted by Crippen LogP contribution is 2.20. The Balaban J connectivity index is 1.33. The maximum absolute atomic E-state index is 6.22. The molecule has 0 aromatic rings. The summed E-state index contributed by atoms with van der Waals surface area (Å²) in [6.07, 6.45) is 6.85. The van der Waals surface area contributed by atoms with Gasteiger partial charge in [0.1, 0.15) is 0 Å². The average molecular weight is 310 g/mol. The Hall–Kier alpha value is -0.200. The molecule has 3 aliphatic rings. The minimum absolute atomic E-state index is 0.485. The van der Waals surface area contributed by atoms with Gasteiger partial charge in [-0.2, -0.15) is 0 Å². The maximum Gasteiger partial charge on any atom is 0.0994 e. The molecule has 0 radical (unpaired) electrons. The summed E-state index contributed by atoms with van der Waals surface area (Å²) in [7, 11) is 2.22. The molecule has 3 saturated heterocycles. The minimum atomic E-state index is 0.485. The molecule has 3 fully saturated rings. The summed E-state index contributed by atoms with van der Waals surface area (Å²) in [4.78, 5) is 7.63. The van der Waals surface area contributed by atoms with E-state index in [0.717, 1.165) is 19.3 Å². The van der Waals surface area contributed by atoms with E-state index in [4.69, 9.17) is 4.74 Å². The van der Waals surface area contributed by atoms with Crippen molar-refractivity contribution in [3.63, 3.8) is 0 Å². The van der Waals surface area contributed by atoms with Gasteiger partial charge in [0.15, 0.2) is 0 Å². The SMILES string of the molecule is CN1CCCN(COC2CCN(C3CCNCC3)CC2)CC1. The van der Waals surface area contributed by atoms with Crippen molar-refractivity contribution < 1.29 is 4.74 Å². The number of likely N-dealkylation sites (tertiary alicyclic amines) is 1. The molecule has 0 amide bonds. The van der Waals surface area contributed by atoms with Crippen LogP contribution in [0.2, 0.25) is 0 Å². The highest BCUT2D eigenvalue weighted by atomic mass is 16.5. The van der Waals surface area contributed by atoms with Crippen LogP contribution in [0.15, 0.2) is 0 Å². The van der Waals surface area contributed by atoms with E-state index in [0.29, 0.717) is 6.10 Å². The predicted octanol–water partition coefficient (Wildman–Crippen LogP) is 0.814. The van der Waals surface area contributed by atoms with Gasteiger partial charge in [-0.15, -0.1) is 0 Å². The molecule has 3 heterocycles. The Kier molecular flexibility index (Phi) is 6.51. The van der Waals surface area contributed by atoms with Crippen LogP contribution in [0.25, 0.3) is 0 Å². The largest absolute Gasteiger partial charge is 0.363 e. The molecule has 22 heavy (non-hydrogen) atoms. The van der Waals surface area contributed by atoms with Crippen LogP contribution in [-0.2, 0) is 4.74 Å². The molecule has 5 heteroatoms. The summed E-state index contributed by atoms with van der Waals surface area (Å²) in [6.45, 7) is 10.5. The lowest BCUT2D eigenvalue weighted by Gasteiger charge is -2.39. The van der Waals surface area contributed by atoms with Gasteiger partial charge in [0, 0.05) is 38.8 Å². The predicted molar refractivity (Wildman–Crippen MR) is 90.1 cm³/mol. The van der Waals surface area contributed by atoms with Gasteiger partial charge in [-0.1, -0.05) is 0 Å². The van der Waals surface area contributed by atoms with Gasteiger partial charge in [-0.25, -0.2) is 0 Å². The summed E-state index contributed by atoms with van der Waals surface area (Å²) in [5, 5.41) is 3.47. The van der Waals surface area contributed by atoms with E-state index in [9.17, 15) is 0 Å². The zero-order chi connectivity index (χ0) is 15.2. The number of hydrogen-bond acceptors (Lipinski definition) is 5. The van der Waals surface area contributed by atoms with Crippen LogP contribution in [0.3, 0.4) is 0 Å². The number of ether oxygens (including phenoxy) is 1. The van der Waals surface area contributed by atoms with Gasteiger partial charge >= 0.3 is 0 Å². The zero-order valence-corrected chi connectivity index (χ0v) is 14.3. The first-order chi connectivity index (χ1) is 10.8. The lowest BCUT2D eigenvalue weighted by Crippen LogP contribution is -2.48. The Bertz CT molecular complexity index is 314. The molecule has 0 bridgehead atoms. The van der Waals surface area contributed by atoms with E-state index in [2.05, 4.69) is 27.1 Å². The Morgan fingerprint density at radius 3 is 2.45 bits per heavy atom. The van der Waals surface area contributed by atoms with Gasteiger partial charge in [0.2, 0.25) is 0 Å². The molecule has 0 aliphatic carbocycles. The summed E-state index contributed by atoms with van der Waals surface area (Å²) < 4.78 is 6.22. The minimum Gasteiger partial charge on any atom is -0.363 e. The fraction of sp³-hybridized carbons (Fsp3) is 1.00. The van der Waals surface area contributed by atoms with E-state index in [-0.39, 0.29) is 0 Å². The first-order valence-corrected chi connectivity index (χ1v) is 9.28. The molecule has 0 aromatic carbocycles. The lowest BCUT2D eigenvalue weighted by molar-refractivity contribution is -0.0522. The standard InChI is InChI=1S/C17H34N4O/c1-19-9-2-10-20(14-13-19)15-22-17-5-11-21(12-6-17)16-3-7-18-8-4-16/h16-18H,2-15H2,1H3. The Morgan fingerprint density at radius 2 is 1.68 bits per heavy atom. The monoisotopic (exact) mass is 310 g/mol.